The van der Waals surface area contributed by atoms with Crippen molar-refractivity contribution in [3.63, 3.8) is 0 Å². The van der Waals surface area contributed by atoms with Crippen molar-refractivity contribution in [3.8, 4) is 0 Å². The van der Waals surface area contributed by atoms with Gasteiger partial charge in [0.15, 0.2) is 0 Å². The van der Waals surface area contributed by atoms with Crippen LogP contribution in [0, 0.1) is 0 Å². The fourth-order valence-electron chi connectivity index (χ4n) is 1.01. The van der Waals surface area contributed by atoms with Gasteiger partial charge in [0.2, 0.25) is 0 Å². The lowest BCUT2D eigenvalue weighted by atomic mass is 10.2. The molecular weight excluding hydrogens is 242 g/mol. The summed E-state index contributed by atoms with van der Waals surface area (Å²) < 4.78 is 22.5. The highest BCUT2D eigenvalue weighted by molar-refractivity contribution is 7.90. The van der Waals surface area contributed by atoms with Crippen LogP contribution in [0.5, 0.6) is 0 Å². The Morgan fingerprint density at radius 3 is 2.64 bits per heavy atom. The molecule has 1 aromatic heterocycles. The number of rotatable bonds is 4. The van der Waals surface area contributed by atoms with Crippen LogP contribution in [0.1, 0.15) is 17.3 Å². The maximum absolute atomic E-state index is 10.9. The molecule has 1 aromatic rings. The fraction of sp³-hybridized carbons (Fsp3) is 0.500. The van der Waals surface area contributed by atoms with Crippen molar-refractivity contribution in [2.24, 2.45) is 5.73 Å². The summed E-state index contributed by atoms with van der Waals surface area (Å²) in [6, 6.07) is 3.36. The molecule has 1 heterocycles. The molecule has 0 saturated heterocycles. The van der Waals surface area contributed by atoms with E-state index >= 15 is 0 Å². The van der Waals surface area contributed by atoms with Crippen molar-refractivity contribution in [2.75, 3.05) is 12.0 Å². The summed E-state index contributed by atoms with van der Waals surface area (Å²) in [6.45, 7) is 0. The molecule has 0 aromatic carbocycles. The molecule has 0 aliphatic carbocycles. The molecule has 2 N–H and O–H groups in total. The second kappa shape index (κ2) is 4.61. The highest BCUT2D eigenvalue weighted by Gasteiger charge is 2.11. The van der Waals surface area contributed by atoms with Gasteiger partial charge >= 0.3 is 0 Å². The third-order valence-electron chi connectivity index (χ3n) is 1.76. The molecule has 0 spiro atoms. The molecule has 0 saturated carbocycles. The van der Waals surface area contributed by atoms with Crippen molar-refractivity contribution in [1.82, 2.24) is 0 Å². The summed E-state index contributed by atoms with van der Waals surface area (Å²) in [5.41, 5.74) is 5.80. The molecule has 1 atom stereocenters. The van der Waals surface area contributed by atoms with E-state index < -0.39 is 9.84 Å². The zero-order valence-corrected chi connectivity index (χ0v) is 10.1. The van der Waals surface area contributed by atoms with Crippen LogP contribution in [0.15, 0.2) is 12.1 Å². The van der Waals surface area contributed by atoms with E-state index in [0.29, 0.717) is 10.8 Å². The quantitative estimate of drug-likeness (QED) is 0.891. The number of hydrogen-bond acceptors (Lipinski definition) is 4. The summed E-state index contributed by atoms with van der Waals surface area (Å²) in [5, 5.41) is 0. The highest BCUT2D eigenvalue weighted by atomic mass is 35.5. The van der Waals surface area contributed by atoms with E-state index in [1.165, 1.54) is 17.6 Å². The molecule has 6 heteroatoms. The van der Waals surface area contributed by atoms with Crippen LogP contribution in [0.4, 0.5) is 0 Å². The van der Waals surface area contributed by atoms with Crippen molar-refractivity contribution >= 4 is 32.8 Å². The Hall–Kier alpha value is -0.100. The summed E-state index contributed by atoms with van der Waals surface area (Å²) >= 11 is 7.13. The molecule has 3 nitrogen and oxygen atoms in total. The Morgan fingerprint density at radius 1 is 1.57 bits per heavy atom. The van der Waals surface area contributed by atoms with Gasteiger partial charge in [0, 0.05) is 17.2 Å². The smallest absolute Gasteiger partial charge is 0.147 e. The average Bonchev–Trinajstić information content (AvgIpc) is 2.46. The van der Waals surface area contributed by atoms with Gasteiger partial charge in [-0.2, -0.15) is 0 Å². The zero-order valence-electron chi connectivity index (χ0n) is 7.73. The zero-order chi connectivity index (χ0) is 10.8. The van der Waals surface area contributed by atoms with E-state index in [1.807, 2.05) is 6.07 Å². The normalized spacial score (nSPS) is 14.2. The van der Waals surface area contributed by atoms with Gasteiger partial charge in [-0.05, 0) is 18.6 Å². The molecular formula is C8H12ClNO2S2. The van der Waals surface area contributed by atoms with Crippen molar-refractivity contribution in [3.05, 3.63) is 21.3 Å². The van der Waals surface area contributed by atoms with Gasteiger partial charge in [-0.25, -0.2) is 8.42 Å². The lowest BCUT2D eigenvalue weighted by Crippen LogP contribution is -2.14. The third kappa shape index (κ3) is 3.96. The first kappa shape index (κ1) is 12.0. The van der Waals surface area contributed by atoms with E-state index in [4.69, 9.17) is 17.3 Å². The second-order valence-electron chi connectivity index (χ2n) is 3.17. The molecule has 1 rings (SSSR count). The van der Waals surface area contributed by atoms with E-state index in [9.17, 15) is 8.42 Å². The van der Waals surface area contributed by atoms with Crippen molar-refractivity contribution < 1.29 is 8.42 Å². The Bertz CT molecular complexity index is 399. The van der Waals surface area contributed by atoms with Gasteiger partial charge in [0.25, 0.3) is 0 Å². The van der Waals surface area contributed by atoms with E-state index in [2.05, 4.69) is 0 Å². The first-order valence-corrected chi connectivity index (χ1v) is 7.32. The number of sulfone groups is 1. The minimum absolute atomic E-state index is 0.115. The van der Waals surface area contributed by atoms with Gasteiger partial charge in [-0.1, -0.05) is 11.6 Å². The van der Waals surface area contributed by atoms with Gasteiger partial charge in [0.05, 0.1) is 10.1 Å². The topological polar surface area (TPSA) is 60.2 Å². The lowest BCUT2D eigenvalue weighted by molar-refractivity contribution is 0.592. The Kier molecular flexibility index (Phi) is 3.94. The molecule has 0 amide bonds. The van der Waals surface area contributed by atoms with Crippen LogP contribution in [-0.4, -0.2) is 20.4 Å². The Balaban J connectivity index is 2.55. The minimum atomic E-state index is -2.93. The third-order valence-corrected chi connectivity index (χ3v) is 4.10. The van der Waals surface area contributed by atoms with Crippen LogP contribution >= 0.6 is 22.9 Å². The first-order valence-electron chi connectivity index (χ1n) is 4.07. The Labute approximate surface area is 92.8 Å². The van der Waals surface area contributed by atoms with Crippen molar-refractivity contribution in [1.29, 1.82) is 0 Å². The average molecular weight is 254 g/mol. The molecule has 80 valence electrons. The number of hydrogen-bond donors (Lipinski definition) is 1. The van der Waals surface area contributed by atoms with Crippen LogP contribution in [0.2, 0.25) is 4.34 Å². The highest BCUT2D eigenvalue weighted by Crippen LogP contribution is 2.27. The van der Waals surface area contributed by atoms with Crippen molar-refractivity contribution in [2.45, 2.75) is 12.5 Å². The van der Waals surface area contributed by atoms with Crippen LogP contribution < -0.4 is 5.73 Å². The predicted molar refractivity (Wildman–Crippen MR) is 60.6 cm³/mol. The summed E-state index contributed by atoms with van der Waals surface area (Å²) in [4.78, 5) is 0.929. The molecule has 0 aliphatic heterocycles. The van der Waals surface area contributed by atoms with Crippen LogP contribution in [0.25, 0.3) is 0 Å². The molecule has 0 radical (unpaired) electrons. The maximum Gasteiger partial charge on any atom is 0.147 e. The van der Waals surface area contributed by atoms with Gasteiger partial charge in [-0.15, -0.1) is 11.3 Å². The minimum Gasteiger partial charge on any atom is -0.323 e. The standard InChI is InChI=1S/C8H12ClNO2S2/c1-14(11,12)5-4-6(10)7-2-3-8(9)13-7/h2-3,6H,4-5,10H2,1H3. The molecule has 14 heavy (non-hydrogen) atoms. The number of thiophene rings is 1. The lowest BCUT2D eigenvalue weighted by Gasteiger charge is -2.07. The van der Waals surface area contributed by atoms with E-state index in [0.717, 1.165) is 4.88 Å². The predicted octanol–water partition coefficient (Wildman–Crippen LogP) is 1.84. The van der Waals surface area contributed by atoms with Crippen LogP contribution in [0.3, 0.4) is 0 Å². The van der Waals surface area contributed by atoms with Crippen LogP contribution in [-0.2, 0) is 9.84 Å². The first-order chi connectivity index (χ1) is 6.38. The monoisotopic (exact) mass is 253 g/mol. The fourth-order valence-corrected chi connectivity index (χ4v) is 2.79. The summed E-state index contributed by atoms with van der Waals surface area (Å²) in [7, 11) is -2.93. The SMILES string of the molecule is CS(=O)(=O)CCC(N)c1ccc(Cl)s1. The van der Waals surface area contributed by atoms with E-state index in [1.54, 1.807) is 6.07 Å². The molecule has 0 fully saturated rings. The largest absolute Gasteiger partial charge is 0.323 e. The summed E-state index contributed by atoms with van der Waals surface area (Å²) in [6.07, 6.45) is 1.65. The number of halogens is 1. The Morgan fingerprint density at radius 2 is 2.21 bits per heavy atom. The van der Waals surface area contributed by atoms with Gasteiger partial charge in [-0.3, -0.25) is 0 Å². The second-order valence-corrected chi connectivity index (χ2v) is 7.17. The van der Waals surface area contributed by atoms with E-state index in [-0.39, 0.29) is 11.8 Å². The number of nitrogens with two attached hydrogens (primary N) is 1. The molecule has 0 bridgehead atoms. The van der Waals surface area contributed by atoms with Gasteiger partial charge < -0.3 is 5.73 Å². The molecule has 0 aliphatic rings. The maximum atomic E-state index is 10.9. The molecule has 1 unspecified atom stereocenters. The van der Waals surface area contributed by atoms with Gasteiger partial charge in [0.1, 0.15) is 9.84 Å². The summed E-state index contributed by atoms with van der Waals surface area (Å²) in [5.74, 6) is 0.115.